The van der Waals surface area contributed by atoms with Crippen LogP contribution < -0.4 is 15.5 Å². The molecule has 0 fully saturated rings. The number of anilines is 1. The van der Waals surface area contributed by atoms with Crippen LogP contribution >= 0.6 is 0 Å². The molecule has 3 aromatic rings. The summed E-state index contributed by atoms with van der Waals surface area (Å²) in [5.41, 5.74) is 4.24. The fourth-order valence-corrected chi connectivity index (χ4v) is 4.00. The molecule has 4 rings (SSSR count). The van der Waals surface area contributed by atoms with Gasteiger partial charge in [0.25, 0.3) is 0 Å². The summed E-state index contributed by atoms with van der Waals surface area (Å²) in [5, 5.41) is 5.48. The summed E-state index contributed by atoms with van der Waals surface area (Å²) in [5.74, 6) is -0.503. The molecule has 6 nitrogen and oxygen atoms in total. The van der Waals surface area contributed by atoms with Crippen LogP contribution in [0.2, 0.25) is 0 Å². The number of carbonyl (C=O) groups excluding carboxylic acids is 2. The van der Waals surface area contributed by atoms with Crippen LogP contribution in [0, 0.1) is 6.92 Å². The third kappa shape index (κ3) is 4.44. The van der Waals surface area contributed by atoms with Crippen LogP contribution in [0.4, 0.5) is 5.69 Å². The van der Waals surface area contributed by atoms with E-state index in [2.05, 4.69) is 34.9 Å². The highest BCUT2D eigenvalue weighted by Crippen LogP contribution is 2.16. The molecule has 2 aromatic carbocycles. The molecule has 2 atom stereocenters. The second-order valence-electron chi connectivity index (χ2n) is 7.65. The molecule has 30 heavy (non-hydrogen) atoms. The molecule has 0 bridgehead atoms. The number of aryl methyl sites for hydroxylation is 1. The lowest BCUT2D eigenvalue weighted by Crippen LogP contribution is -3.12. The van der Waals surface area contributed by atoms with Gasteiger partial charge in [-0.15, -0.1) is 0 Å². The maximum absolute atomic E-state index is 12.5. The minimum absolute atomic E-state index is 0.0661. The topological polar surface area (TPSA) is 75.8 Å². The minimum atomic E-state index is -0.665. The highest BCUT2D eigenvalue weighted by molar-refractivity contribution is 6.39. The Morgan fingerprint density at radius 2 is 1.77 bits per heavy atom. The van der Waals surface area contributed by atoms with Gasteiger partial charge in [0.15, 0.2) is 11.8 Å². The number of benzene rings is 2. The normalized spacial score (nSPS) is 16.4. The van der Waals surface area contributed by atoms with Crippen LogP contribution in [0.5, 0.6) is 0 Å². The minimum Gasteiger partial charge on any atom is -0.463 e. The number of furan rings is 1. The second-order valence-corrected chi connectivity index (χ2v) is 7.65. The maximum Gasteiger partial charge on any atom is 0.313 e. The summed E-state index contributed by atoms with van der Waals surface area (Å²) in [6.45, 7) is 4.00. The summed E-state index contributed by atoms with van der Waals surface area (Å²) >= 11 is 0. The van der Waals surface area contributed by atoms with Gasteiger partial charge in [-0.2, -0.15) is 0 Å². The Balaban J connectivity index is 1.43. The lowest BCUT2D eigenvalue weighted by molar-refractivity contribution is -0.946. The molecule has 154 valence electrons. The highest BCUT2D eigenvalue weighted by atomic mass is 16.3. The van der Waals surface area contributed by atoms with E-state index in [0.29, 0.717) is 12.2 Å². The van der Waals surface area contributed by atoms with E-state index in [1.54, 1.807) is 12.3 Å². The van der Waals surface area contributed by atoms with E-state index in [1.807, 2.05) is 37.3 Å². The van der Waals surface area contributed by atoms with E-state index in [9.17, 15) is 9.59 Å². The Morgan fingerprint density at radius 1 is 1.00 bits per heavy atom. The predicted octanol–water partition coefficient (Wildman–Crippen LogP) is 2.03. The van der Waals surface area contributed by atoms with Crippen molar-refractivity contribution in [2.24, 2.45) is 0 Å². The van der Waals surface area contributed by atoms with Crippen molar-refractivity contribution in [3.8, 4) is 0 Å². The molecule has 2 amide bonds. The predicted molar refractivity (Wildman–Crippen MR) is 114 cm³/mol. The molecule has 0 saturated heterocycles. The Kier molecular flexibility index (Phi) is 5.95. The van der Waals surface area contributed by atoms with Gasteiger partial charge in [0.05, 0.1) is 19.4 Å². The Labute approximate surface area is 175 Å². The van der Waals surface area contributed by atoms with Crippen LogP contribution in [0.25, 0.3) is 0 Å². The van der Waals surface area contributed by atoms with Crippen molar-refractivity contribution in [3.05, 3.63) is 89.4 Å². The van der Waals surface area contributed by atoms with Crippen LogP contribution in [0.3, 0.4) is 0 Å². The molecule has 0 radical (unpaired) electrons. The molecular weight excluding hydrogens is 378 g/mol. The van der Waals surface area contributed by atoms with Crippen molar-refractivity contribution < 1.29 is 18.9 Å². The Hall–Kier alpha value is -3.38. The number of rotatable bonds is 5. The molecular formula is C24H26N3O3+. The molecule has 1 aliphatic rings. The molecule has 0 spiro atoms. The van der Waals surface area contributed by atoms with Crippen molar-refractivity contribution in [2.45, 2.75) is 25.9 Å². The number of para-hydroxylation sites is 1. The van der Waals surface area contributed by atoms with E-state index < -0.39 is 11.8 Å². The second kappa shape index (κ2) is 8.97. The van der Waals surface area contributed by atoms with E-state index in [-0.39, 0.29) is 6.04 Å². The number of carbonyl (C=O) groups is 2. The van der Waals surface area contributed by atoms with Gasteiger partial charge in [-0.05, 0) is 36.2 Å². The van der Waals surface area contributed by atoms with E-state index in [1.165, 1.54) is 16.0 Å². The number of quaternary nitrogens is 1. The van der Waals surface area contributed by atoms with E-state index in [0.717, 1.165) is 30.8 Å². The van der Waals surface area contributed by atoms with Gasteiger partial charge in [-0.25, -0.2) is 0 Å². The van der Waals surface area contributed by atoms with Crippen molar-refractivity contribution in [3.63, 3.8) is 0 Å². The van der Waals surface area contributed by atoms with Gasteiger partial charge in [-0.1, -0.05) is 42.5 Å². The average molecular weight is 404 g/mol. The van der Waals surface area contributed by atoms with Crippen molar-refractivity contribution >= 4 is 17.5 Å². The summed E-state index contributed by atoms with van der Waals surface area (Å²) in [6, 6.07) is 19.5. The van der Waals surface area contributed by atoms with Crippen molar-refractivity contribution in [2.75, 3.05) is 18.4 Å². The number of hydrogen-bond donors (Lipinski definition) is 3. The monoisotopic (exact) mass is 404 g/mol. The zero-order chi connectivity index (χ0) is 20.9. The SMILES string of the molecule is Cc1ccccc1NC(=O)C(=O)NC[C@H](c1ccco1)[NH+]1CCc2ccccc2C1. The zero-order valence-corrected chi connectivity index (χ0v) is 17.0. The summed E-state index contributed by atoms with van der Waals surface area (Å²) < 4.78 is 5.67. The first-order chi connectivity index (χ1) is 14.6. The molecule has 6 heteroatoms. The Bertz CT molecular complexity index is 1030. The van der Waals surface area contributed by atoms with Gasteiger partial charge >= 0.3 is 11.8 Å². The van der Waals surface area contributed by atoms with Crippen molar-refractivity contribution in [1.29, 1.82) is 0 Å². The summed E-state index contributed by atoms with van der Waals surface area (Å²) in [6.07, 6.45) is 2.62. The number of nitrogens with one attached hydrogen (secondary N) is 3. The molecule has 1 aromatic heterocycles. The maximum atomic E-state index is 12.5. The fraction of sp³-hybridized carbons (Fsp3) is 0.250. The number of amides is 2. The van der Waals surface area contributed by atoms with Crippen LogP contribution in [0.15, 0.2) is 71.3 Å². The van der Waals surface area contributed by atoms with Crippen LogP contribution in [-0.4, -0.2) is 24.9 Å². The van der Waals surface area contributed by atoms with Crippen molar-refractivity contribution in [1.82, 2.24) is 5.32 Å². The van der Waals surface area contributed by atoms with Gasteiger partial charge in [-0.3, -0.25) is 9.59 Å². The van der Waals surface area contributed by atoms with Gasteiger partial charge in [0.1, 0.15) is 6.54 Å². The number of hydrogen-bond acceptors (Lipinski definition) is 3. The molecule has 0 aliphatic carbocycles. The Morgan fingerprint density at radius 3 is 2.53 bits per heavy atom. The summed E-state index contributed by atoms with van der Waals surface area (Å²) in [4.78, 5) is 26.1. The first-order valence-electron chi connectivity index (χ1n) is 10.2. The highest BCUT2D eigenvalue weighted by Gasteiger charge is 2.31. The van der Waals surface area contributed by atoms with Gasteiger partial charge in [0, 0.05) is 17.7 Å². The van der Waals surface area contributed by atoms with Crippen LogP contribution in [0.1, 0.15) is 28.5 Å². The smallest absolute Gasteiger partial charge is 0.313 e. The quantitative estimate of drug-likeness (QED) is 0.570. The van der Waals surface area contributed by atoms with E-state index >= 15 is 0 Å². The van der Waals surface area contributed by atoms with Crippen LogP contribution in [-0.2, 0) is 22.6 Å². The fourth-order valence-electron chi connectivity index (χ4n) is 4.00. The number of fused-ring (bicyclic) bond motifs is 1. The zero-order valence-electron chi connectivity index (χ0n) is 17.0. The first-order valence-corrected chi connectivity index (χ1v) is 10.2. The third-order valence-corrected chi connectivity index (χ3v) is 5.70. The average Bonchev–Trinajstić information content (AvgIpc) is 3.30. The molecule has 2 heterocycles. The van der Waals surface area contributed by atoms with E-state index in [4.69, 9.17) is 4.42 Å². The lowest BCUT2D eigenvalue weighted by Gasteiger charge is -2.31. The third-order valence-electron chi connectivity index (χ3n) is 5.70. The largest absolute Gasteiger partial charge is 0.463 e. The lowest BCUT2D eigenvalue weighted by atomic mass is 9.98. The first kappa shape index (κ1) is 19.9. The molecule has 1 aliphatic heterocycles. The summed E-state index contributed by atoms with van der Waals surface area (Å²) in [7, 11) is 0. The van der Waals surface area contributed by atoms with Gasteiger partial charge < -0.3 is 20.0 Å². The molecule has 0 saturated carbocycles. The molecule has 3 N–H and O–H groups in total. The molecule has 1 unspecified atom stereocenters. The van der Waals surface area contributed by atoms with Gasteiger partial charge in [0.2, 0.25) is 0 Å². The standard InChI is InChI=1S/C24H25N3O3/c1-17-7-2-5-10-20(17)26-24(29)23(28)25-15-21(22-11-6-14-30-22)27-13-12-18-8-3-4-9-19(18)16-27/h2-11,14,21H,12-13,15-16H2,1H3,(H,25,28)(H,26,29)/p+1/t21-/m1/s1.